The minimum atomic E-state index is -0.325. The van der Waals surface area contributed by atoms with Gasteiger partial charge in [0.05, 0.1) is 5.56 Å². The van der Waals surface area contributed by atoms with Gasteiger partial charge in [0, 0.05) is 30.4 Å². The first kappa shape index (κ1) is 18.4. The zero-order valence-electron chi connectivity index (χ0n) is 15.4. The van der Waals surface area contributed by atoms with Gasteiger partial charge < -0.3 is 15.4 Å². The maximum absolute atomic E-state index is 13.1. The SMILES string of the molecule is O=C(Nc1ccc2c(c1)COC2=O)N[C@@H]1CCCN(Cc2ccc(F)cc2)C1. The van der Waals surface area contributed by atoms with E-state index in [2.05, 4.69) is 15.5 Å². The van der Waals surface area contributed by atoms with Crippen molar-refractivity contribution in [1.82, 2.24) is 10.2 Å². The van der Waals surface area contributed by atoms with E-state index >= 15 is 0 Å². The number of nitrogens with one attached hydrogen (secondary N) is 2. The lowest BCUT2D eigenvalue weighted by atomic mass is 10.0. The second-order valence-electron chi connectivity index (χ2n) is 7.25. The zero-order chi connectivity index (χ0) is 19.5. The van der Waals surface area contributed by atoms with Crippen molar-refractivity contribution < 1.29 is 18.7 Å². The molecule has 1 fully saturated rings. The highest BCUT2D eigenvalue weighted by Gasteiger charge is 2.23. The fraction of sp³-hybridized carbons (Fsp3) is 0.333. The highest BCUT2D eigenvalue weighted by molar-refractivity contribution is 5.95. The first-order chi connectivity index (χ1) is 13.6. The molecule has 0 aromatic heterocycles. The summed E-state index contributed by atoms with van der Waals surface area (Å²) in [6.07, 6.45) is 1.91. The molecule has 0 saturated carbocycles. The van der Waals surface area contributed by atoms with Crippen LogP contribution in [0.25, 0.3) is 0 Å². The van der Waals surface area contributed by atoms with Gasteiger partial charge in [-0.1, -0.05) is 12.1 Å². The molecule has 2 N–H and O–H groups in total. The van der Waals surface area contributed by atoms with Crippen LogP contribution in [0.15, 0.2) is 42.5 Å². The number of rotatable bonds is 4. The van der Waals surface area contributed by atoms with Gasteiger partial charge >= 0.3 is 12.0 Å². The highest BCUT2D eigenvalue weighted by atomic mass is 19.1. The van der Waals surface area contributed by atoms with Gasteiger partial charge in [-0.2, -0.15) is 0 Å². The van der Waals surface area contributed by atoms with Crippen LogP contribution in [0.4, 0.5) is 14.9 Å². The quantitative estimate of drug-likeness (QED) is 0.795. The van der Waals surface area contributed by atoms with Crippen LogP contribution in [-0.2, 0) is 17.9 Å². The van der Waals surface area contributed by atoms with Crippen molar-refractivity contribution in [3.05, 3.63) is 65.0 Å². The van der Waals surface area contributed by atoms with Gasteiger partial charge in [-0.05, 0) is 55.3 Å². The van der Waals surface area contributed by atoms with Crippen molar-refractivity contribution in [3.8, 4) is 0 Å². The number of hydrogen-bond acceptors (Lipinski definition) is 4. The summed E-state index contributed by atoms with van der Waals surface area (Å²) < 4.78 is 18.0. The van der Waals surface area contributed by atoms with E-state index in [1.807, 2.05) is 0 Å². The molecular formula is C21H22FN3O3. The van der Waals surface area contributed by atoms with Crippen molar-refractivity contribution in [2.75, 3.05) is 18.4 Å². The van der Waals surface area contributed by atoms with Gasteiger partial charge in [-0.25, -0.2) is 14.0 Å². The van der Waals surface area contributed by atoms with E-state index in [1.54, 1.807) is 30.3 Å². The minimum Gasteiger partial charge on any atom is -0.457 e. The topological polar surface area (TPSA) is 70.7 Å². The molecule has 1 saturated heterocycles. The number of benzene rings is 2. The van der Waals surface area contributed by atoms with E-state index in [4.69, 9.17) is 4.74 Å². The summed E-state index contributed by atoms with van der Waals surface area (Å²) in [5.41, 5.74) is 3.02. The number of urea groups is 1. The van der Waals surface area contributed by atoms with Crippen LogP contribution >= 0.6 is 0 Å². The maximum Gasteiger partial charge on any atom is 0.338 e. The van der Waals surface area contributed by atoms with E-state index in [-0.39, 0.29) is 30.5 Å². The zero-order valence-corrected chi connectivity index (χ0v) is 15.4. The summed E-state index contributed by atoms with van der Waals surface area (Å²) in [6.45, 7) is 2.68. The third-order valence-electron chi connectivity index (χ3n) is 5.10. The third-order valence-corrected chi connectivity index (χ3v) is 5.10. The van der Waals surface area contributed by atoms with Crippen LogP contribution in [0.2, 0.25) is 0 Å². The molecule has 1 atom stereocenters. The van der Waals surface area contributed by atoms with Crippen molar-refractivity contribution >= 4 is 17.7 Å². The predicted octanol–water partition coefficient (Wildman–Crippen LogP) is 3.28. The highest BCUT2D eigenvalue weighted by Crippen LogP contribution is 2.23. The number of likely N-dealkylation sites (tertiary alicyclic amines) is 1. The Labute approximate surface area is 162 Å². The Morgan fingerprint density at radius 2 is 2.04 bits per heavy atom. The average Bonchev–Trinajstić information content (AvgIpc) is 3.04. The van der Waals surface area contributed by atoms with E-state index in [0.29, 0.717) is 11.3 Å². The number of piperidine rings is 1. The van der Waals surface area contributed by atoms with Crippen molar-refractivity contribution in [3.63, 3.8) is 0 Å². The molecule has 2 amide bonds. The molecule has 2 heterocycles. The Morgan fingerprint density at radius 1 is 1.21 bits per heavy atom. The van der Waals surface area contributed by atoms with E-state index in [1.165, 1.54) is 12.1 Å². The number of carbonyl (C=O) groups is 2. The number of cyclic esters (lactones) is 1. The lowest BCUT2D eigenvalue weighted by Crippen LogP contribution is -2.48. The number of fused-ring (bicyclic) bond motifs is 1. The van der Waals surface area contributed by atoms with Gasteiger partial charge in [-0.3, -0.25) is 4.90 Å². The van der Waals surface area contributed by atoms with E-state index in [9.17, 15) is 14.0 Å². The number of ether oxygens (including phenoxy) is 1. The predicted molar refractivity (Wildman–Crippen MR) is 102 cm³/mol. The lowest BCUT2D eigenvalue weighted by molar-refractivity contribution is 0.0535. The first-order valence-electron chi connectivity index (χ1n) is 9.41. The number of hydrogen-bond donors (Lipinski definition) is 2. The molecule has 0 bridgehead atoms. The van der Waals surface area contributed by atoms with Crippen LogP contribution in [0, 0.1) is 5.82 Å². The van der Waals surface area contributed by atoms with Crippen LogP contribution < -0.4 is 10.6 Å². The monoisotopic (exact) mass is 383 g/mol. The second kappa shape index (κ2) is 7.98. The average molecular weight is 383 g/mol. The molecule has 6 nitrogen and oxygen atoms in total. The Kier molecular flexibility index (Phi) is 5.25. The Balaban J connectivity index is 1.30. The van der Waals surface area contributed by atoms with Gasteiger partial charge in [0.15, 0.2) is 0 Å². The summed E-state index contributed by atoms with van der Waals surface area (Å²) in [6, 6.07) is 11.4. The van der Waals surface area contributed by atoms with Crippen LogP contribution in [0.1, 0.15) is 34.3 Å². The standard InChI is InChI=1S/C21H22FN3O3/c22-16-5-3-14(4-6-16)11-25-9-1-2-18(12-25)24-21(27)23-17-7-8-19-15(10-17)13-28-20(19)26/h3-8,10,18H,1-2,9,11-13H2,(H2,23,24,27)/t18-/m1/s1. The van der Waals surface area contributed by atoms with Gasteiger partial charge in [-0.15, -0.1) is 0 Å². The van der Waals surface area contributed by atoms with Crippen molar-refractivity contribution in [1.29, 1.82) is 0 Å². The van der Waals surface area contributed by atoms with Gasteiger partial charge in [0.2, 0.25) is 0 Å². The fourth-order valence-electron chi connectivity index (χ4n) is 3.73. The molecule has 7 heteroatoms. The largest absolute Gasteiger partial charge is 0.457 e. The molecule has 2 aliphatic heterocycles. The van der Waals surface area contributed by atoms with Crippen LogP contribution in [0.3, 0.4) is 0 Å². The first-order valence-corrected chi connectivity index (χ1v) is 9.41. The number of amides is 2. The fourth-order valence-corrected chi connectivity index (χ4v) is 3.73. The molecule has 0 aliphatic carbocycles. The smallest absolute Gasteiger partial charge is 0.338 e. The van der Waals surface area contributed by atoms with E-state index < -0.39 is 0 Å². The molecule has 28 heavy (non-hydrogen) atoms. The number of esters is 1. The third kappa shape index (κ3) is 4.31. The number of anilines is 1. The number of halogens is 1. The molecule has 2 aliphatic rings. The summed E-state index contributed by atoms with van der Waals surface area (Å²) in [5.74, 6) is -0.560. The Bertz CT molecular complexity index is 885. The van der Waals surface area contributed by atoms with Crippen LogP contribution in [-0.4, -0.2) is 36.0 Å². The summed E-state index contributed by atoms with van der Waals surface area (Å²) in [4.78, 5) is 26.1. The molecule has 0 spiro atoms. The number of nitrogens with zero attached hydrogens (tertiary/aromatic N) is 1. The molecule has 146 valence electrons. The molecular weight excluding hydrogens is 361 g/mol. The second-order valence-corrected chi connectivity index (χ2v) is 7.25. The van der Waals surface area contributed by atoms with Gasteiger partial charge in [0.25, 0.3) is 0 Å². The molecule has 2 aromatic carbocycles. The van der Waals surface area contributed by atoms with Crippen molar-refractivity contribution in [2.24, 2.45) is 0 Å². The van der Waals surface area contributed by atoms with Gasteiger partial charge in [0.1, 0.15) is 12.4 Å². The van der Waals surface area contributed by atoms with Crippen molar-refractivity contribution in [2.45, 2.75) is 32.0 Å². The van der Waals surface area contributed by atoms with E-state index in [0.717, 1.165) is 43.6 Å². The molecule has 4 rings (SSSR count). The summed E-state index contributed by atoms with van der Waals surface area (Å²) in [7, 11) is 0. The molecule has 0 unspecified atom stereocenters. The maximum atomic E-state index is 13.1. The van der Waals surface area contributed by atoms with Crippen LogP contribution in [0.5, 0.6) is 0 Å². The minimum absolute atomic E-state index is 0.0496. The summed E-state index contributed by atoms with van der Waals surface area (Å²) in [5, 5.41) is 5.85. The molecule has 0 radical (unpaired) electrons. The lowest BCUT2D eigenvalue weighted by Gasteiger charge is -2.33. The Hall–Kier alpha value is -2.93. The number of carbonyl (C=O) groups excluding carboxylic acids is 2. The normalized spacial score (nSPS) is 19.0. The Morgan fingerprint density at radius 3 is 2.86 bits per heavy atom. The molecule has 2 aromatic rings. The summed E-state index contributed by atoms with van der Waals surface area (Å²) >= 11 is 0.